The number of aryl methyl sites for hydroxylation is 2. The molecule has 7 nitrogen and oxygen atoms in total. The van der Waals surface area contributed by atoms with Crippen LogP contribution in [0.25, 0.3) is 0 Å². The molecular formula is C18H22N4O3. The predicted octanol–water partition coefficient (Wildman–Crippen LogP) is 0.423. The van der Waals surface area contributed by atoms with Gasteiger partial charge in [-0.2, -0.15) is 0 Å². The van der Waals surface area contributed by atoms with Gasteiger partial charge in [0.1, 0.15) is 5.56 Å². The molecule has 1 unspecified atom stereocenters. The van der Waals surface area contributed by atoms with Crippen LogP contribution in [0.3, 0.4) is 0 Å². The normalized spacial score (nSPS) is 17.5. The van der Waals surface area contributed by atoms with Crippen LogP contribution < -0.4 is 16.6 Å². The van der Waals surface area contributed by atoms with Crippen LogP contribution in [0.5, 0.6) is 0 Å². The molecule has 132 valence electrons. The predicted molar refractivity (Wildman–Crippen MR) is 94.8 cm³/mol. The Morgan fingerprint density at radius 1 is 1.24 bits per heavy atom. The summed E-state index contributed by atoms with van der Waals surface area (Å²) in [5.41, 5.74) is 1.07. The summed E-state index contributed by atoms with van der Waals surface area (Å²) in [5, 5.41) is 3.30. The highest BCUT2D eigenvalue weighted by molar-refractivity contribution is 5.94. The van der Waals surface area contributed by atoms with Gasteiger partial charge < -0.3 is 14.8 Å². The number of aromatic amines is 1. The van der Waals surface area contributed by atoms with Crippen molar-refractivity contribution in [3.05, 3.63) is 68.0 Å². The van der Waals surface area contributed by atoms with E-state index in [4.69, 9.17) is 0 Å². The van der Waals surface area contributed by atoms with Crippen molar-refractivity contribution in [2.45, 2.75) is 19.4 Å². The van der Waals surface area contributed by atoms with Crippen molar-refractivity contribution in [2.24, 2.45) is 7.05 Å². The molecule has 1 atom stereocenters. The molecule has 1 amide bonds. The van der Waals surface area contributed by atoms with Crippen molar-refractivity contribution in [1.29, 1.82) is 0 Å². The van der Waals surface area contributed by atoms with Crippen LogP contribution in [0.2, 0.25) is 0 Å². The van der Waals surface area contributed by atoms with Crippen molar-refractivity contribution in [2.75, 3.05) is 19.6 Å². The average molecular weight is 342 g/mol. The molecule has 1 aliphatic rings. The highest BCUT2D eigenvalue weighted by atomic mass is 16.2. The molecule has 0 spiro atoms. The molecule has 1 aliphatic heterocycles. The third-order valence-corrected chi connectivity index (χ3v) is 4.62. The number of aromatic nitrogens is 2. The fraction of sp³-hybridized carbons (Fsp3) is 0.389. The minimum Gasteiger partial charge on any atom is -0.329 e. The first-order valence-corrected chi connectivity index (χ1v) is 8.41. The van der Waals surface area contributed by atoms with Crippen LogP contribution in [0.15, 0.2) is 40.1 Å². The van der Waals surface area contributed by atoms with Gasteiger partial charge in [-0.1, -0.05) is 31.2 Å². The zero-order valence-corrected chi connectivity index (χ0v) is 14.4. The van der Waals surface area contributed by atoms with Gasteiger partial charge in [-0.05, 0) is 17.5 Å². The standard InChI is InChI=1S/C18H22N4O3/c1-3-12-4-6-13(7-5-12)15-10-19-8-9-22(15)17(24)14-11-21(2)18(25)20-16(14)23/h4-7,11,15,19H,3,8-10H2,1-2H3,(H,20,23,25). The minimum atomic E-state index is -0.647. The maximum Gasteiger partial charge on any atom is 0.328 e. The number of carbonyl (C=O) groups excluding carboxylic acids is 1. The molecule has 1 fully saturated rings. The lowest BCUT2D eigenvalue weighted by molar-refractivity contribution is 0.0631. The molecular weight excluding hydrogens is 320 g/mol. The summed E-state index contributed by atoms with van der Waals surface area (Å²) in [4.78, 5) is 40.4. The second kappa shape index (κ2) is 7.06. The molecule has 7 heteroatoms. The van der Waals surface area contributed by atoms with Crippen molar-refractivity contribution >= 4 is 5.91 Å². The van der Waals surface area contributed by atoms with E-state index in [2.05, 4.69) is 29.4 Å². The van der Waals surface area contributed by atoms with Gasteiger partial charge in [0.15, 0.2) is 0 Å². The van der Waals surface area contributed by atoms with Crippen LogP contribution >= 0.6 is 0 Å². The van der Waals surface area contributed by atoms with Gasteiger partial charge in [0.05, 0.1) is 6.04 Å². The number of hydrogen-bond acceptors (Lipinski definition) is 4. The Hall–Kier alpha value is -2.67. The number of carbonyl (C=O) groups is 1. The van der Waals surface area contributed by atoms with E-state index in [1.807, 2.05) is 12.1 Å². The summed E-state index contributed by atoms with van der Waals surface area (Å²) >= 11 is 0. The molecule has 1 saturated heterocycles. The lowest BCUT2D eigenvalue weighted by atomic mass is 10.0. The molecule has 1 aromatic carbocycles. The highest BCUT2D eigenvalue weighted by Crippen LogP contribution is 2.24. The van der Waals surface area contributed by atoms with Crippen molar-refractivity contribution in [3.8, 4) is 0 Å². The van der Waals surface area contributed by atoms with Gasteiger partial charge in [0.2, 0.25) is 0 Å². The number of nitrogens with zero attached hydrogens (tertiary/aromatic N) is 2. The molecule has 3 rings (SSSR count). The lowest BCUT2D eigenvalue weighted by Crippen LogP contribution is -2.50. The number of H-pyrrole nitrogens is 1. The van der Waals surface area contributed by atoms with E-state index < -0.39 is 11.2 Å². The number of benzene rings is 1. The van der Waals surface area contributed by atoms with Crippen molar-refractivity contribution in [3.63, 3.8) is 0 Å². The Labute approximate surface area is 145 Å². The number of hydrogen-bond donors (Lipinski definition) is 2. The van der Waals surface area contributed by atoms with E-state index in [0.717, 1.165) is 12.0 Å². The van der Waals surface area contributed by atoms with Gasteiger partial charge in [-0.3, -0.25) is 14.6 Å². The van der Waals surface area contributed by atoms with Crippen LogP contribution in [-0.4, -0.2) is 40.0 Å². The first kappa shape index (κ1) is 17.2. The summed E-state index contributed by atoms with van der Waals surface area (Å²) < 4.78 is 1.21. The quantitative estimate of drug-likeness (QED) is 0.846. The topological polar surface area (TPSA) is 87.2 Å². The van der Waals surface area contributed by atoms with Crippen molar-refractivity contribution < 1.29 is 4.79 Å². The average Bonchev–Trinajstić information content (AvgIpc) is 2.64. The van der Waals surface area contributed by atoms with Crippen molar-refractivity contribution in [1.82, 2.24) is 19.8 Å². The maximum absolute atomic E-state index is 13.0. The largest absolute Gasteiger partial charge is 0.329 e. The molecule has 2 aromatic rings. The van der Waals surface area contributed by atoms with E-state index in [-0.39, 0.29) is 17.5 Å². The summed E-state index contributed by atoms with van der Waals surface area (Å²) in [5.74, 6) is -0.358. The summed E-state index contributed by atoms with van der Waals surface area (Å²) in [6.45, 7) is 3.89. The molecule has 2 heterocycles. The zero-order valence-electron chi connectivity index (χ0n) is 14.4. The third-order valence-electron chi connectivity index (χ3n) is 4.62. The lowest BCUT2D eigenvalue weighted by Gasteiger charge is -2.36. The fourth-order valence-corrected chi connectivity index (χ4v) is 3.09. The second-order valence-electron chi connectivity index (χ2n) is 6.23. The van der Waals surface area contributed by atoms with Crippen LogP contribution in [0, 0.1) is 0 Å². The maximum atomic E-state index is 13.0. The number of nitrogens with one attached hydrogen (secondary N) is 2. The van der Waals surface area contributed by atoms with E-state index in [9.17, 15) is 14.4 Å². The van der Waals surface area contributed by atoms with Gasteiger partial charge >= 0.3 is 5.69 Å². The Kier molecular flexibility index (Phi) is 4.85. The summed E-state index contributed by atoms with van der Waals surface area (Å²) in [6, 6.07) is 8.03. The number of amides is 1. The third kappa shape index (κ3) is 3.41. The number of rotatable bonds is 3. The summed E-state index contributed by atoms with van der Waals surface area (Å²) in [6.07, 6.45) is 2.27. The Morgan fingerprint density at radius 3 is 2.64 bits per heavy atom. The SMILES string of the molecule is CCc1ccc(C2CNCCN2C(=O)c2cn(C)c(=O)[nH]c2=O)cc1. The van der Waals surface area contributed by atoms with Crippen LogP contribution in [-0.2, 0) is 13.5 Å². The molecule has 25 heavy (non-hydrogen) atoms. The second-order valence-corrected chi connectivity index (χ2v) is 6.23. The molecule has 1 aromatic heterocycles. The fourth-order valence-electron chi connectivity index (χ4n) is 3.09. The minimum absolute atomic E-state index is 0.0146. The zero-order chi connectivity index (χ0) is 18.0. The molecule has 0 radical (unpaired) electrons. The van der Waals surface area contributed by atoms with E-state index in [0.29, 0.717) is 19.6 Å². The van der Waals surface area contributed by atoms with Crippen LogP contribution in [0.4, 0.5) is 0 Å². The van der Waals surface area contributed by atoms with Gasteiger partial charge in [0.25, 0.3) is 11.5 Å². The monoisotopic (exact) mass is 342 g/mol. The van der Waals surface area contributed by atoms with Crippen LogP contribution in [0.1, 0.15) is 34.5 Å². The molecule has 0 bridgehead atoms. The van der Waals surface area contributed by atoms with Gasteiger partial charge in [-0.15, -0.1) is 0 Å². The Morgan fingerprint density at radius 2 is 1.96 bits per heavy atom. The molecule has 0 saturated carbocycles. The van der Waals surface area contributed by atoms with Gasteiger partial charge in [0, 0.05) is 32.9 Å². The number of piperazine rings is 1. The molecule has 2 N–H and O–H groups in total. The summed E-state index contributed by atoms with van der Waals surface area (Å²) in [7, 11) is 1.51. The van der Waals surface area contributed by atoms with E-state index in [1.54, 1.807) is 4.90 Å². The first-order chi connectivity index (χ1) is 12.0. The molecule has 0 aliphatic carbocycles. The van der Waals surface area contributed by atoms with E-state index >= 15 is 0 Å². The Bertz CT molecular complexity index is 882. The first-order valence-electron chi connectivity index (χ1n) is 8.41. The van der Waals surface area contributed by atoms with Gasteiger partial charge in [-0.25, -0.2) is 4.79 Å². The van der Waals surface area contributed by atoms with E-state index in [1.165, 1.54) is 23.4 Å². The Balaban J connectivity index is 1.95. The smallest absolute Gasteiger partial charge is 0.328 e. The highest BCUT2D eigenvalue weighted by Gasteiger charge is 2.30.